The average Bonchev–Trinajstić information content (AvgIpc) is 2.15. The third kappa shape index (κ3) is 1.90. The Morgan fingerprint density at radius 2 is 2.19 bits per heavy atom. The van der Waals surface area contributed by atoms with E-state index in [9.17, 15) is 4.39 Å². The van der Waals surface area contributed by atoms with Crippen molar-refractivity contribution in [2.45, 2.75) is 12.6 Å². The second-order valence-electron chi connectivity index (χ2n) is 3.79. The van der Waals surface area contributed by atoms with Crippen LogP contribution in [0.2, 0.25) is 0 Å². The van der Waals surface area contributed by atoms with Gasteiger partial charge in [-0.05, 0) is 25.1 Å². The number of guanidine groups is 1. The van der Waals surface area contributed by atoms with E-state index >= 15 is 0 Å². The molecular formula is C11H13FN4. The predicted octanol–water partition coefficient (Wildman–Crippen LogP) is 0.759. The molecule has 5 heteroatoms. The van der Waals surface area contributed by atoms with Gasteiger partial charge in [-0.1, -0.05) is 12.1 Å². The van der Waals surface area contributed by atoms with Crippen LogP contribution in [0.4, 0.5) is 4.39 Å². The summed E-state index contributed by atoms with van der Waals surface area (Å²) < 4.78 is 13.1. The molecule has 1 aliphatic heterocycles. The molecule has 0 saturated heterocycles. The van der Waals surface area contributed by atoms with E-state index in [-0.39, 0.29) is 11.8 Å². The highest BCUT2D eigenvalue weighted by Gasteiger charge is 2.27. The summed E-state index contributed by atoms with van der Waals surface area (Å²) in [6, 6.07) is 6.02. The first-order valence-electron chi connectivity index (χ1n) is 4.86. The summed E-state index contributed by atoms with van der Waals surface area (Å²) in [6.07, 6.45) is 1.71. The van der Waals surface area contributed by atoms with Gasteiger partial charge in [0.05, 0.1) is 0 Å². The Hall–Kier alpha value is -1.88. The van der Waals surface area contributed by atoms with Crippen molar-refractivity contribution in [2.24, 2.45) is 16.5 Å². The van der Waals surface area contributed by atoms with E-state index in [4.69, 9.17) is 11.5 Å². The summed E-state index contributed by atoms with van der Waals surface area (Å²) >= 11 is 0. The van der Waals surface area contributed by atoms with Crippen molar-refractivity contribution >= 4 is 5.96 Å². The fourth-order valence-electron chi connectivity index (χ4n) is 1.71. The van der Waals surface area contributed by atoms with Crippen LogP contribution in [0.25, 0.3) is 0 Å². The van der Waals surface area contributed by atoms with Gasteiger partial charge in [0.15, 0.2) is 11.6 Å². The number of nitrogens with two attached hydrogens (primary N) is 2. The van der Waals surface area contributed by atoms with Crippen molar-refractivity contribution in [3.05, 3.63) is 47.4 Å². The van der Waals surface area contributed by atoms with Crippen LogP contribution in [-0.2, 0) is 5.66 Å². The van der Waals surface area contributed by atoms with Gasteiger partial charge in [-0.3, -0.25) is 5.73 Å². The van der Waals surface area contributed by atoms with E-state index in [1.165, 1.54) is 12.1 Å². The first-order chi connectivity index (χ1) is 7.49. The molecule has 0 bridgehead atoms. The van der Waals surface area contributed by atoms with Crippen LogP contribution in [0, 0.1) is 5.82 Å². The number of allylic oxidation sites excluding steroid dienone is 1. The highest BCUT2D eigenvalue weighted by Crippen LogP contribution is 2.25. The fourth-order valence-corrected chi connectivity index (χ4v) is 1.71. The molecule has 4 nitrogen and oxygen atoms in total. The molecule has 5 N–H and O–H groups in total. The minimum Gasteiger partial charge on any atom is -0.370 e. The molecule has 0 aliphatic carbocycles. The number of rotatable bonds is 1. The summed E-state index contributed by atoms with van der Waals surface area (Å²) in [5.74, 6) is -0.118. The third-order valence-electron chi connectivity index (χ3n) is 2.35. The van der Waals surface area contributed by atoms with Crippen LogP contribution in [0.15, 0.2) is 41.0 Å². The number of nitrogens with zero attached hydrogens (tertiary/aromatic N) is 1. The molecule has 0 spiro atoms. The lowest BCUT2D eigenvalue weighted by Crippen LogP contribution is -2.44. The molecule has 16 heavy (non-hydrogen) atoms. The van der Waals surface area contributed by atoms with Gasteiger partial charge in [0.25, 0.3) is 0 Å². The maximum absolute atomic E-state index is 13.1. The van der Waals surface area contributed by atoms with Gasteiger partial charge in [-0.2, -0.15) is 0 Å². The number of benzene rings is 1. The minimum absolute atomic E-state index is 0.228. The maximum atomic E-state index is 13.1. The zero-order valence-electron chi connectivity index (χ0n) is 8.87. The lowest BCUT2D eigenvalue weighted by Gasteiger charge is -2.27. The topological polar surface area (TPSA) is 76.4 Å². The van der Waals surface area contributed by atoms with Crippen LogP contribution in [0.5, 0.6) is 0 Å². The van der Waals surface area contributed by atoms with Gasteiger partial charge in [-0.25, -0.2) is 9.38 Å². The zero-order valence-corrected chi connectivity index (χ0v) is 8.87. The first-order valence-corrected chi connectivity index (χ1v) is 4.86. The molecular weight excluding hydrogens is 207 g/mol. The minimum atomic E-state index is -1.10. The SMILES string of the molecule is CC1=CC(N)(c2cccc(F)c2)N=C(N)N1. The van der Waals surface area contributed by atoms with Crippen LogP contribution >= 0.6 is 0 Å². The molecule has 1 aromatic rings. The highest BCUT2D eigenvalue weighted by molar-refractivity contribution is 5.81. The molecule has 1 aliphatic rings. The summed E-state index contributed by atoms with van der Waals surface area (Å²) in [5, 5.41) is 2.83. The lowest BCUT2D eigenvalue weighted by atomic mass is 9.99. The Bertz CT molecular complexity index is 461. The van der Waals surface area contributed by atoms with Crippen molar-refractivity contribution in [1.29, 1.82) is 0 Å². The standard InChI is InChI=1S/C11H13FN4/c1-7-6-11(14,16-10(13)15-7)8-3-2-4-9(12)5-8/h2-6H,14H2,1H3,(H3,13,15,16). The van der Waals surface area contributed by atoms with Gasteiger partial charge < -0.3 is 11.1 Å². The maximum Gasteiger partial charge on any atom is 0.195 e. The Kier molecular flexibility index (Phi) is 2.40. The lowest BCUT2D eigenvalue weighted by molar-refractivity contribution is 0.560. The third-order valence-corrected chi connectivity index (χ3v) is 2.35. The van der Waals surface area contributed by atoms with E-state index in [1.807, 2.05) is 6.92 Å². The molecule has 84 valence electrons. The molecule has 0 saturated carbocycles. The molecule has 2 rings (SSSR count). The van der Waals surface area contributed by atoms with Crippen molar-refractivity contribution in [3.8, 4) is 0 Å². The second-order valence-corrected chi connectivity index (χ2v) is 3.79. The van der Waals surface area contributed by atoms with Gasteiger partial charge >= 0.3 is 0 Å². The smallest absolute Gasteiger partial charge is 0.195 e. The normalized spacial score (nSPS) is 24.4. The molecule has 1 unspecified atom stereocenters. The first kappa shape index (κ1) is 10.6. The molecule has 1 heterocycles. The monoisotopic (exact) mass is 220 g/mol. The van der Waals surface area contributed by atoms with Gasteiger partial charge in [0.2, 0.25) is 0 Å². The van der Waals surface area contributed by atoms with E-state index in [0.717, 1.165) is 5.70 Å². The van der Waals surface area contributed by atoms with E-state index in [0.29, 0.717) is 5.56 Å². The Balaban J connectivity index is 2.49. The van der Waals surface area contributed by atoms with E-state index < -0.39 is 5.66 Å². The Labute approximate surface area is 92.9 Å². The summed E-state index contributed by atoms with van der Waals surface area (Å²) in [4.78, 5) is 4.09. The van der Waals surface area contributed by atoms with Crippen molar-refractivity contribution < 1.29 is 4.39 Å². The highest BCUT2D eigenvalue weighted by atomic mass is 19.1. The number of halogens is 1. The average molecular weight is 220 g/mol. The van der Waals surface area contributed by atoms with Crippen LogP contribution in [-0.4, -0.2) is 5.96 Å². The predicted molar refractivity (Wildman–Crippen MR) is 60.8 cm³/mol. The second kappa shape index (κ2) is 3.61. The van der Waals surface area contributed by atoms with Crippen LogP contribution in [0.1, 0.15) is 12.5 Å². The zero-order chi connectivity index (χ0) is 11.8. The molecule has 0 amide bonds. The molecule has 1 aromatic carbocycles. The Morgan fingerprint density at radius 3 is 2.81 bits per heavy atom. The van der Waals surface area contributed by atoms with Crippen molar-refractivity contribution in [1.82, 2.24) is 5.32 Å². The van der Waals surface area contributed by atoms with Crippen LogP contribution in [0.3, 0.4) is 0 Å². The number of hydrogen-bond donors (Lipinski definition) is 3. The fraction of sp³-hybridized carbons (Fsp3) is 0.182. The van der Waals surface area contributed by atoms with Gasteiger partial charge in [0.1, 0.15) is 5.82 Å². The Morgan fingerprint density at radius 1 is 1.44 bits per heavy atom. The van der Waals surface area contributed by atoms with Crippen LogP contribution < -0.4 is 16.8 Å². The van der Waals surface area contributed by atoms with Gasteiger partial charge in [-0.15, -0.1) is 0 Å². The molecule has 0 radical (unpaired) electrons. The van der Waals surface area contributed by atoms with E-state index in [1.54, 1.807) is 18.2 Å². The largest absolute Gasteiger partial charge is 0.370 e. The summed E-state index contributed by atoms with van der Waals surface area (Å²) in [7, 11) is 0. The van der Waals surface area contributed by atoms with Gasteiger partial charge in [0, 0.05) is 11.3 Å². The quantitative estimate of drug-likeness (QED) is 0.654. The number of aliphatic imine (C=N–C) groups is 1. The summed E-state index contributed by atoms with van der Waals surface area (Å²) in [5.41, 5.74) is 11.9. The number of hydrogen-bond acceptors (Lipinski definition) is 4. The molecule has 1 atom stereocenters. The van der Waals surface area contributed by atoms with E-state index in [2.05, 4.69) is 10.3 Å². The number of nitrogens with one attached hydrogen (secondary N) is 1. The molecule has 0 aromatic heterocycles. The van der Waals surface area contributed by atoms with Crippen molar-refractivity contribution in [3.63, 3.8) is 0 Å². The van der Waals surface area contributed by atoms with Crippen molar-refractivity contribution in [2.75, 3.05) is 0 Å². The summed E-state index contributed by atoms with van der Waals surface area (Å²) in [6.45, 7) is 1.82. The molecule has 0 fully saturated rings.